The molecule has 0 atom stereocenters. The van der Waals surface area contributed by atoms with Crippen molar-refractivity contribution in [2.45, 2.75) is 33.1 Å². The summed E-state index contributed by atoms with van der Waals surface area (Å²) in [6, 6.07) is 42.8. The van der Waals surface area contributed by atoms with Crippen LogP contribution < -0.4 is 0 Å². The maximum absolute atomic E-state index is 6.55. The van der Waals surface area contributed by atoms with Crippen molar-refractivity contribution in [3.8, 4) is 56.4 Å². The van der Waals surface area contributed by atoms with Crippen molar-refractivity contribution in [2.75, 3.05) is 0 Å². The first-order chi connectivity index (χ1) is 26.6. The monoisotopic (exact) mass is 693 g/mol. The molecule has 4 heteroatoms. The van der Waals surface area contributed by atoms with E-state index in [2.05, 4.69) is 123 Å². The highest BCUT2D eigenvalue weighted by molar-refractivity contribution is 6.13. The standard InChI is InChI=1S/C50H35N3O/c1-29-11-8-15-31-22-25-38-36(24-21-30(2)46(38)45(29)31)34-23-26-43-42(28-34)47-40(19-10-20-44(47)54-43)50-52-48(32-12-4-3-5-13-32)51-49(53-50)39-18-9-17-37-35-16-7-6-14-33(35)27-41(37)39/h3-14,16-24,26,28H,15,25,27H2,1-2H3. The zero-order valence-corrected chi connectivity index (χ0v) is 30.2. The van der Waals surface area contributed by atoms with Crippen molar-refractivity contribution < 1.29 is 4.42 Å². The summed E-state index contributed by atoms with van der Waals surface area (Å²) in [4.78, 5) is 15.6. The van der Waals surface area contributed by atoms with Gasteiger partial charge in [0.25, 0.3) is 0 Å². The Kier molecular flexibility index (Phi) is 6.84. The average Bonchev–Trinajstić information content (AvgIpc) is 3.79. The highest BCUT2D eigenvalue weighted by Gasteiger charge is 2.26. The summed E-state index contributed by atoms with van der Waals surface area (Å²) < 4.78 is 6.55. The van der Waals surface area contributed by atoms with Gasteiger partial charge in [0.1, 0.15) is 11.2 Å². The first-order valence-electron chi connectivity index (χ1n) is 18.8. The maximum Gasteiger partial charge on any atom is 0.164 e. The Hall–Kier alpha value is -6.65. The number of hydrogen-bond donors (Lipinski definition) is 0. The zero-order valence-electron chi connectivity index (χ0n) is 30.2. The van der Waals surface area contributed by atoms with Gasteiger partial charge in [0, 0.05) is 27.5 Å². The molecular weight excluding hydrogens is 659 g/mol. The highest BCUT2D eigenvalue weighted by Crippen LogP contribution is 2.46. The van der Waals surface area contributed by atoms with Crippen LogP contribution in [-0.2, 0) is 12.8 Å². The van der Waals surface area contributed by atoms with Crippen LogP contribution in [-0.4, -0.2) is 15.0 Å². The second-order valence-corrected chi connectivity index (χ2v) is 14.7. The van der Waals surface area contributed by atoms with Crippen LogP contribution in [0.25, 0.3) is 83.9 Å². The van der Waals surface area contributed by atoms with Gasteiger partial charge in [-0.1, -0.05) is 121 Å². The fourth-order valence-electron chi connectivity index (χ4n) is 9.05. The van der Waals surface area contributed by atoms with Crippen LogP contribution >= 0.6 is 0 Å². The van der Waals surface area contributed by atoms with E-state index in [-0.39, 0.29) is 0 Å². The summed E-state index contributed by atoms with van der Waals surface area (Å²) in [6.07, 6.45) is 9.76. The van der Waals surface area contributed by atoms with Crippen LogP contribution in [0.5, 0.6) is 0 Å². The number of fused-ring (bicyclic) bond motifs is 9. The molecule has 2 aromatic heterocycles. The third-order valence-corrected chi connectivity index (χ3v) is 11.6. The number of allylic oxidation sites excluding steroid dienone is 6. The van der Waals surface area contributed by atoms with Gasteiger partial charge >= 0.3 is 0 Å². The lowest BCUT2D eigenvalue weighted by Gasteiger charge is -2.28. The second kappa shape index (κ2) is 11.9. The molecule has 6 aromatic carbocycles. The minimum Gasteiger partial charge on any atom is -0.456 e. The van der Waals surface area contributed by atoms with Gasteiger partial charge in [-0.25, -0.2) is 15.0 Å². The third kappa shape index (κ3) is 4.73. The van der Waals surface area contributed by atoms with Gasteiger partial charge in [0.2, 0.25) is 0 Å². The number of benzene rings is 6. The van der Waals surface area contributed by atoms with Gasteiger partial charge in [-0.15, -0.1) is 0 Å². The number of aromatic nitrogens is 3. The molecule has 0 saturated heterocycles. The van der Waals surface area contributed by atoms with Crippen LogP contribution in [0.4, 0.5) is 0 Å². The van der Waals surface area contributed by atoms with Crippen molar-refractivity contribution in [3.63, 3.8) is 0 Å². The number of furan rings is 1. The predicted octanol–water partition coefficient (Wildman–Crippen LogP) is 12.5. The van der Waals surface area contributed by atoms with E-state index in [4.69, 9.17) is 19.4 Å². The molecule has 0 aliphatic heterocycles. The van der Waals surface area contributed by atoms with Crippen LogP contribution in [0.2, 0.25) is 0 Å². The third-order valence-electron chi connectivity index (χ3n) is 11.6. The van der Waals surface area contributed by atoms with E-state index in [9.17, 15) is 0 Å². The van der Waals surface area contributed by atoms with E-state index in [0.29, 0.717) is 17.5 Å². The Bertz CT molecular complexity index is 2980. The smallest absolute Gasteiger partial charge is 0.164 e. The molecule has 3 aliphatic rings. The molecule has 4 nitrogen and oxygen atoms in total. The van der Waals surface area contributed by atoms with Crippen LogP contribution in [0.1, 0.15) is 41.2 Å². The van der Waals surface area contributed by atoms with E-state index in [1.54, 1.807) is 0 Å². The molecule has 0 spiro atoms. The van der Waals surface area contributed by atoms with Crippen molar-refractivity contribution in [1.82, 2.24) is 15.0 Å². The Morgan fingerprint density at radius 1 is 0.556 bits per heavy atom. The number of nitrogens with zero attached hydrogens (tertiary/aromatic N) is 3. The summed E-state index contributed by atoms with van der Waals surface area (Å²) in [6.45, 7) is 4.49. The zero-order chi connectivity index (χ0) is 35.9. The van der Waals surface area contributed by atoms with Gasteiger partial charge in [-0.05, 0) is 118 Å². The molecule has 0 radical (unpaired) electrons. The maximum atomic E-state index is 6.55. The average molecular weight is 694 g/mol. The molecule has 2 heterocycles. The van der Waals surface area contributed by atoms with Gasteiger partial charge in [0.15, 0.2) is 17.5 Å². The first-order valence-corrected chi connectivity index (χ1v) is 18.8. The molecule has 0 bridgehead atoms. The van der Waals surface area contributed by atoms with Gasteiger partial charge in [-0.2, -0.15) is 0 Å². The molecule has 54 heavy (non-hydrogen) atoms. The molecule has 0 N–H and O–H groups in total. The molecular formula is C50H35N3O. The Morgan fingerprint density at radius 3 is 2.22 bits per heavy atom. The summed E-state index contributed by atoms with van der Waals surface area (Å²) in [7, 11) is 0. The fraction of sp³-hybridized carbons (Fsp3) is 0.100. The Morgan fingerprint density at radius 2 is 1.31 bits per heavy atom. The van der Waals surface area contributed by atoms with Crippen molar-refractivity contribution in [3.05, 3.63) is 179 Å². The Balaban J connectivity index is 1.11. The quantitative estimate of drug-likeness (QED) is 0.184. The van der Waals surface area contributed by atoms with E-state index >= 15 is 0 Å². The lowest BCUT2D eigenvalue weighted by Crippen LogP contribution is -2.09. The fourth-order valence-corrected chi connectivity index (χ4v) is 9.05. The molecule has 0 amide bonds. The van der Waals surface area contributed by atoms with E-state index < -0.39 is 0 Å². The number of rotatable bonds is 4. The lowest BCUT2D eigenvalue weighted by atomic mass is 9.76. The van der Waals surface area contributed by atoms with E-state index in [0.717, 1.165) is 57.9 Å². The van der Waals surface area contributed by atoms with E-state index in [1.807, 2.05) is 30.3 Å². The van der Waals surface area contributed by atoms with Gasteiger partial charge in [0.05, 0.1) is 0 Å². The lowest BCUT2D eigenvalue weighted by molar-refractivity contribution is 0.669. The Labute approximate surface area is 313 Å². The molecule has 11 rings (SSSR count). The molecule has 8 aromatic rings. The molecule has 0 saturated carbocycles. The topological polar surface area (TPSA) is 51.8 Å². The van der Waals surface area contributed by atoms with Crippen LogP contribution in [0.15, 0.2) is 155 Å². The summed E-state index contributed by atoms with van der Waals surface area (Å²) >= 11 is 0. The van der Waals surface area contributed by atoms with Gasteiger partial charge < -0.3 is 4.42 Å². The van der Waals surface area contributed by atoms with Gasteiger partial charge in [-0.3, -0.25) is 0 Å². The molecule has 3 aliphatic carbocycles. The minimum atomic E-state index is 0.629. The molecule has 256 valence electrons. The number of aryl methyl sites for hydroxylation is 1. The van der Waals surface area contributed by atoms with Crippen LogP contribution in [0.3, 0.4) is 0 Å². The van der Waals surface area contributed by atoms with Crippen molar-refractivity contribution >= 4 is 27.5 Å². The van der Waals surface area contributed by atoms with Crippen molar-refractivity contribution in [1.29, 1.82) is 0 Å². The van der Waals surface area contributed by atoms with Crippen molar-refractivity contribution in [2.24, 2.45) is 0 Å². The number of hydrogen-bond acceptors (Lipinski definition) is 4. The summed E-state index contributed by atoms with van der Waals surface area (Å²) in [5, 5.41) is 2.06. The van der Waals surface area contributed by atoms with Crippen LogP contribution in [0, 0.1) is 6.92 Å². The first kappa shape index (κ1) is 30.9. The molecule has 0 fully saturated rings. The molecule has 0 unspecified atom stereocenters. The van der Waals surface area contributed by atoms with E-state index in [1.165, 1.54) is 66.8 Å². The largest absolute Gasteiger partial charge is 0.456 e. The minimum absolute atomic E-state index is 0.629. The predicted molar refractivity (Wildman–Crippen MR) is 220 cm³/mol. The highest BCUT2D eigenvalue weighted by atomic mass is 16.3. The SMILES string of the molecule is CC1=C2C(=CCc3c(-c4ccc5oc6cccc(-c7nc(-c8ccccc8)nc(-c8cccc9c8Cc8ccccc8-9)n7)c6c5c4)ccc(C)c32)CC=C1. The normalized spacial score (nSPS) is 14.2. The summed E-state index contributed by atoms with van der Waals surface area (Å²) in [5.41, 5.74) is 20.4. The second-order valence-electron chi connectivity index (χ2n) is 14.7. The summed E-state index contributed by atoms with van der Waals surface area (Å²) in [5.74, 6) is 1.95.